The molecule has 0 radical (unpaired) electrons. The first-order chi connectivity index (χ1) is 8.70. The molecule has 0 fully saturated rings. The third kappa shape index (κ3) is 1.78. The second-order valence-electron chi connectivity index (χ2n) is 5.65. The van der Waals surface area contributed by atoms with E-state index in [1.165, 1.54) is 0 Å². The summed E-state index contributed by atoms with van der Waals surface area (Å²) in [6.07, 6.45) is 0.596. The van der Waals surface area contributed by atoms with Gasteiger partial charge >= 0.3 is 5.97 Å². The van der Waals surface area contributed by atoms with Gasteiger partial charge in [0.1, 0.15) is 11.5 Å². The van der Waals surface area contributed by atoms with Crippen LogP contribution in [-0.2, 0) is 11.2 Å². The molecule has 0 bridgehead atoms. The van der Waals surface area contributed by atoms with Gasteiger partial charge in [-0.1, -0.05) is 6.92 Å². The molecule has 0 aromatic heterocycles. The minimum atomic E-state index is -1.21. The topological polar surface area (TPSA) is 66.8 Å². The molecule has 2 atom stereocenters. The number of aromatic hydroxyl groups is 1. The van der Waals surface area contributed by atoms with Crippen LogP contribution in [0, 0.1) is 26.7 Å². The van der Waals surface area contributed by atoms with E-state index in [4.69, 9.17) is 4.74 Å². The molecule has 1 aromatic rings. The lowest BCUT2D eigenvalue weighted by molar-refractivity contribution is -0.159. The van der Waals surface area contributed by atoms with Crippen molar-refractivity contribution in [2.75, 3.05) is 0 Å². The van der Waals surface area contributed by atoms with E-state index in [9.17, 15) is 15.0 Å². The minimum Gasteiger partial charge on any atom is -0.507 e. The fourth-order valence-corrected chi connectivity index (χ4v) is 2.62. The SMILES string of the molecule is Cc1c(C)c2c(c(C)c1O)CC(C)C(C)(C(=O)O)O2. The Bertz CT molecular complexity index is 562. The van der Waals surface area contributed by atoms with Gasteiger partial charge < -0.3 is 14.9 Å². The number of hydrogen-bond acceptors (Lipinski definition) is 3. The van der Waals surface area contributed by atoms with Gasteiger partial charge in [0.15, 0.2) is 0 Å². The maximum absolute atomic E-state index is 11.5. The number of hydrogen-bond donors (Lipinski definition) is 2. The van der Waals surface area contributed by atoms with Crippen molar-refractivity contribution in [1.29, 1.82) is 0 Å². The summed E-state index contributed by atoms with van der Waals surface area (Å²) >= 11 is 0. The monoisotopic (exact) mass is 264 g/mol. The second kappa shape index (κ2) is 4.15. The van der Waals surface area contributed by atoms with Gasteiger partial charge in [-0.15, -0.1) is 0 Å². The third-order valence-electron chi connectivity index (χ3n) is 4.53. The lowest BCUT2D eigenvalue weighted by Gasteiger charge is -2.39. The largest absolute Gasteiger partial charge is 0.507 e. The number of carboxylic acid groups (broad SMARTS) is 1. The van der Waals surface area contributed by atoms with E-state index in [1.54, 1.807) is 6.92 Å². The number of aliphatic carboxylic acids is 1. The highest BCUT2D eigenvalue weighted by Gasteiger charge is 2.46. The summed E-state index contributed by atoms with van der Waals surface area (Å²) in [4.78, 5) is 11.5. The van der Waals surface area contributed by atoms with Crippen LogP contribution in [0.2, 0.25) is 0 Å². The lowest BCUT2D eigenvalue weighted by Crippen LogP contribution is -2.50. The molecule has 1 heterocycles. The van der Waals surface area contributed by atoms with Crippen molar-refractivity contribution < 1.29 is 19.7 Å². The molecular weight excluding hydrogens is 244 g/mol. The number of carboxylic acids is 1. The fraction of sp³-hybridized carbons (Fsp3) is 0.533. The molecule has 0 aliphatic carbocycles. The molecule has 1 aliphatic heterocycles. The number of carbonyl (C=O) groups is 1. The van der Waals surface area contributed by atoms with E-state index in [1.807, 2.05) is 27.7 Å². The van der Waals surface area contributed by atoms with Crippen molar-refractivity contribution in [3.63, 3.8) is 0 Å². The molecule has 2 rings (SSSR count). The summed E-state index contributed by atoms with van der Waals surface area (Å²) in [6.45, 7) is 8.99. The van der Waals surface area contributed by atoms with Gasteiger partial charge in [0.2, 0.25) is 5.60 Å². The minimum absolute atomic E-state index is 0.155. The summed E-state index contributed by atoms with van der Waals surface area (Å²) in [5.74, 6) is -0.201. The molecule has 2 unspecified atom stereocenters. The number of benzene rings is 1. The summed E-state index contributed by atoms with van der Waals surface area (Å²) in [7, 11) is 0. The molecule has 1 aromatic carbocycles. The molecule has 4 nitrogen and oxygen atoms in total. The van der Waals surface area contributed by atoms with Gasteiger partial charge in [0, 0.05) is 11.5 Å². The van der Waals surface area contributed by atoms with Crippen LogP contribution in [0.1, 0.15) is 36.1 Å². The van der Waals surface area contributed by atoms with Crippen LogP contribution in [0.4, 0.5) is 0 Å². The molecule has 19 heavy (non-hydrogen) atoms. The molecule has 0 saturated heterocycles. The maximum atomic E-state index is 11.5. The highest BCUT2D eigenvalue weighted by Crippen LogP contribution is 2.45. The molecule has 4 heteroatoms. The van der Waals surface area contributed by atoms with E-state index in [0.29, 0.717) is 12.2 Å². The number of phenolic OH excluding ortho intramolecular Hbond substituents is 1. The quantitative estimate of drug-likeness (QED) is 0.818. The van der Waals surface area contributed by atoms with Gasteiger partial charge in [-0.05, 0) is 50.8 Å². The standard InChI is InChI=1S/C15H20O4/c1-7-6-11-10(4)12(16)8(2)9(3)13(11)19-15(7,5)14(17)18/h7,16H,6H2,1-5H3,(H,17,18). The molecular formula is C15H20O4. The van der Waals surface area contributed by atoms with Gasteiger partial charge in [-0.2, -0.15) is 0 Å². The van der Waals surface area contributed by atoms with Crippen LogP contribution < -0.4 is 4.74 Å². The van der Waals surface area contributed by atoms with Gasteiger partial charge in [-0.25, -0.2) is 4.79 Å². The van der Waals surface area contributed by atoms with Gasteiger partial charge in [0.05, 0.1) is 0 Å². The summed E-state index contributed by atoms with van der Waals surface area (Å²) in [6, 6.07) is 0. The summed E-state index contributed by atoms with van der Waals surface area (Å²) < 4.78 is 5.83. The first kappa shape index (κ1) is 13.7. The maximum Gasteiger partial charge on any atom is 0.348 e. The Morgan fingerprint density at radius 3 is 2.37 bits per heavy atom. The Morgan fingerprint density at radius 1 is 1.26 bits per heavy atom. The highest BCUT2D eigenvalue weighted by atomic mass is 16.5. The van der Waals surface area contributed by atoms with E-state index in [2.05, 4.69) is 0 Å². The van der Waals surface area contributed by atoms with Gasteiger partial charge in [0.25, 0.3) is 0 Å². The van der Waals surface area contributed by atoms with Crippen LogP contribution in [0.15, 0.2) is 0 Å². The van der Waals surface area contributed by atoms with Crippen LogP contribution >= 0.6 is 0 Å². The normalized spacial score (nSPS) is 25.6. The number of fused-ring (bicyclic) bond motifs is 1. The number of phenols is 1. The Balaban J connectivity index is 2.67. The Kier molecular flexibility index (Phi) is 3.00. The van der Waals surface area contributed by atoms with E-state index in [0.717, 1.165) is 22.3 Å². The third-order valence-corrected chi connectivity index (χ3v) is 4.53. The molecule has 0 saturated carbocycles. The fourth-order valence-electron chi connectivity index (χ4n) is 2.62. The predicted octanol–water partition coefficient (Wildman–Crippen LogP) is 2.73. The van der Waals surface area contributed by atoms with E-state index >= 15 is 0 Å². The first-order valence-electron chi connectivity index (χ1n) is 6.44. The van der Waals surface area contributed by atoms with Crippen molar-refractivity contribution in [1.82, 2.24) is 0 Å². The average molecular weight is 264 g/mol. The summed E-state index contributed by atoms with van der Waals surface area (Å²) in [5.41, 5.74) is 2.06. The summed E-state index contributed by atoms with van der Waals surface area (Å²) in [5, 5.41) is 19.5. The Hall–Kier alpha value is -1.71. The molecule has 104 valence electrons. The molecule has 1 aliphatic rings. The Labute approximate surface area is 113 Å². The number of rotatable bonds is 1. The zero-order valence-electron chi connectivity index (χ0n) is 12.0. The van der Waals surface area contributed by atoms with Crippen LogP contribution in [0.3, 0.4) is 0 Å². The molecule has 0 spiro atoms. The van der Waals surface area contributed by atoms with Crippen molar-refractivity contribution in [2.45, 2.75) is 46.6 Å². The molecule has 0 amide bonds. The van der Waals surface area contributed by atoms with Crippen LogP contribution in [0.5, 0.6) is 11.5 Å². The average Bonchev–Trinajstić information content (AvgIpc) is 2.36. The smallest absolute Gasteiger partial charge is 0.348 e. The molecule has 2 N–H and O–H groups in total. The lowest BCUT2D eigenvalue weighted by atomic mass is 9.80. The van der Waals surface area contributed by atoms with E-state index < -0.39 is 11.6 Å². The van der Waals surface area contributed by atoms with Crippen LogP contribution in [-0.4, -0.2) is 21.8 Å². The van der Waals surface area contributed by atoms with Crippen molar-refractivity contribution in [3.05, 3.63) is 22.3 Å². The van der Waals surface area contributed by atoms with Gasteiger partial charge in [-0.3, -0.25) is 0 Å². The first-order valence-corrected chi connectivity index (χ1v) is 6.44. The van der Waals surface area contributed by atoms with E-state index in [-0.39, 0.29) is 11.7 Å². The van der Waals surface area contributed by atoms with Crippen molar-refractivity contribution >= 4 is 5.97 Å². The highest BCUT2D eigenvalue weighted by molar-refractivity contribution is 5.79. The second-order valence-corrected chi connectivity index (χ2v) is 5.65. The van der Waals surface area contributed by atoms with Crippen molar-refractivity contribution in [2.24, 2.45) is 5.92 Å². The zero-order chi connectivity index (χ0) is 14.5. The van der Waals surface area contributed by atoms with Crippen LogP contribution in [0.25, 0.3) is 0 Å². The van der Waals surface area contributed by atoms with Crippen molar-refractivity contribution in [3.8, 4) is 11.5 Å². The predicted molar refractivity (Wildman–Crippen MR) is 71.9 cm³/mol. The Morgan fingerprint density at radius 2 is 1.84 bits per heavy atom. The zero-order valence-corrected chi connectivity index (χ0v) is 12.0. The number of ether oxygens (including phenoxy) is 1.